The number of halogens is 1. The third kappa shape index (κ3) is 20.4. The summed E-state index contributed by atoms with van der Waals surface area (Å²) in [7, 11) is 2.58. The minimum atomic E-state index is -2.30. The van der Waals surface area contributed by atoms with E-state index in [1.807, 2.05) is 93.6 Å². The molecule has 0 saturated carbocycles. The van der Waals surface area contributed by atoms with Crippen LogP contribution in [0.3, 0.4) is 0 Å². The maximum atomic E-state index is 5.67. The van der Waals surface area contributed by atoms with Crippen molar-refractivity contribution in [3.8, 4) is 78.0 Å². The van der Waals surface area contributed by atoms with Gasteiger partial charge in [-0.15, -0.1) is 102 Å². The number of aryl methyl sites for hydroxylation is 4. The standard InChI is InChI=1S/C22H16S5.C16H15S3.C12H8S3.C5H5BrS.3C4H9.H3P.S3.Sn/c1-13-9-11-23-21(13)19-7-5-17(26-19)15-3-4-16(25-15)18-6-8-20(27-18)22-14(2)10-12-24-22;1-2-3-5-12-7-8-15(18-12)16-10-9-14(19-16)13-6-4-11-17-13;1-3-9(13-7-1)11-5-6-12(15-11)10-4-2-8-14-10;1-4-2-3-7-5(4)6;3*1-3-4-2;;1-3-2;/h3-12H,1-2H3;4,6-10H,2-3,5H2,1H3;1-8H;2-3H,1H3;3*1,3-4H2,2H3;1H3;;/i;;;;;;;1T;;. The van der Waals surface area contributed by atoms with E-state index in [0.717, 1.165) is 8.88 Å². The molecule has 0 nitrogen and oxygen atoms in total. The predicted molar refractivity (Wildman–Crippen MR) is 422 cm³/mol. The van der Waals surface area contributed by atoms with Crippen molar-refractivity contribution in [1.29, 1.82) is 1.28 Å². The number of unbranched alkanes of at least 4 members (excludes halogenated alkanes) is 4. The van der Waals surface area contributed by atoms with E-state index in [1.165, 1.54) is 161 Å². The molecule has 0 amide bonds. The van der Waals surface area contributed by atoms with Crippen LogP contribution in [0.25, 0.3) is 78.0 Å². The van der Waals surface area contributed by atoms with Gasteiger partial charge >= 0.3 is 208 Å². The van der Waals surface area contributed by atoms with Crippen LogP contribution < -0.4 is 2.89 Å². The maximum Gasteiger partial charge on any atom is 0.0727 e. The van der Waals surface area contributed by atoms with E-state index in [4.69, 9.17) is 1.28 Å². The van der Waals surface area contributed by atoms with Crippen molar-refractivity contribution in [3.05, 3.63) is 180 Å². The molecule has 0 aromatic carbocycles. The molecule has 0 aliphatic rings. The smallest absolute Gasteiger partial charge is 0.0727 e. The van der Waals surface area contributed by atoms with Crippen LogP contribution in [-0.4, -0.2) is 19.7 Å². The van der Waals surface area contributed by atoms with Crippen molar-refractivity contribution >= 4 is 214 Å². The zero-order valence-electron chi connectivity index (χ0n) is 50.1. The molecule has 85 heavy (non-hydrogen) atoms. The number of thiophene rings is 12. The Morgan fingerprint density at radius 1 is 0.388 bits per heavy atom. The Kier molecular flexibility index (Phi) is 30.6. The topological polar surface area (TPSA) is 0 Å². The van der Waals surface area contributed by atoms with Gasteiger partial charge in [0, 0.05) is 89.8 Å². The third-order valence-corrected chi connectivity index (χ3v) is 47.3. The van der Waals surface area contributed by atoms with Crippen LogP contribution in [0, 0.1) is 20.8 Å². The Morgan fingerprint density at radius 3 is 1.07 bits per heavy atom. The minimum absolute atomic E-state index is 0.917. The molecule has 0 bridgehead atoms. The molecular weight excluding hydrogens is 1520 g/mol. The first kappa shape index (κ1) is 69.7. The molecule has 1 atom stereocenters. The second kappa shape index (κ2) is 37.3. The van der Waals surface area contributed by atoms with Gasteiger partial charge in [0.2, 0.25) is 0 Å². The zero-order chi connectivity index (χ0) is 61.3. The SMILES string of the molecule is CCCCc1ccc(-c2ccc(-c3cc[c]([Sn]([CH2]CCC)([CH2]CCC)[CH2]CCC)s3)s2)s1.Cc1ccsc1-c1ccc(-c2ccc(-c3ccc(-c4sccc4C)s3)s2)s1.Cc1ccsc1Br.S=S=S.[3H]P.c1csc(-c2ccc(-c3cccs3)s2)c1. The van der Waals surface area contributed by atoms with Crippen LogP contribution in [0.1, 0.15) is 101 Å². The number of hydrogen-bond donors (Lipinski definition) is 0. The minimum Gasteiger partial charge on any atom is -0.153 e. The molecule has 0 saturated heterocycles. The van der Waals surface area contributed by atoms with Gasteiger partial charge in [-0.1, -0.05) is 19.1 Å². The monoisotopic (exact) mass is 1590 g/mol. The summed E-state index contributed by atoms with van der Waals surface area (Å²) >= 11 is 32.0. The molecular formula is C67H74BrPS15Sn. The Balaban J connectivity index is 0.000000175. The maximum absolute atomic E-state index is 5.67. The normalized spacial score (nSPS) is 11.0. The molecule has 0 fully saturated rings. The van der Waals surface area contributed by atoms with Gasteiger partial charge in [-0.25, -0.2) is 0 Å². The van der Waals surface area contributed by atoms with Crippen LogP contribution in [0.4, 0.5) is 0 Å². The van der Waals surface area contributed by atoms with E-state index in [0.29, 0.717) is 0 Å². The fourth-order valence-corrected chi connectivity index (χ4v) is 41.1. The number of hydrogen-bond acceptors (Lipinski definition) is 14. The van der Waals surface area contributed by atoms with E-state index >= 15 is 0 Å². The van der Waals surface area contributed by atoms with Crippen molar-refractivity contribution < 1.29 is 0 Å². The van der Waals surface area contributed by atoms with E-state index < -0.39 is 18.4 Å². The van der Waals surface area contributed by atoms with E-state index in [2.05, 4.69) is 252 Å². The molecule has 448 valence electrons. The molecule has 12 rings (SSSR count). The van der Waals surface area contributed by atoms with Crippen molar-refractivity contribution in [1.82, 2.24) is 0 Å². The molecule has 1 unspecified atom stereocenters. The molecule has 0 aliphatic carbocycles. The molecule has 12 heterocycles. The summed E-state index contributed by atoms with van der Waals surface area (Å²) < 4.78 is 13.5. The van der Waals surface area contributed by atoms with Crippen LogP contribution in [-0.2, 0) is 37.7 Å². The molecule has 0 aliphatic heterocycles. The summed E-state index contributed by atoms with van der Waals surface area (Å²) in [5.41, 5.74) is 4.07. The second-order valence-electron chi connectivity index (χ2n) is 20.2. The predicted octanol–water partition coefficient (Wildman–Crippen LogP) is 28.0. The molecule has 0 radical (unpaired) electrons. The van der Waals surface area contributed by atoms with Gasteiger partial charge in [-0.2, -0.15) is 9.84 Å². The third-order valence-electron chi connectivity index (χ3n) is 14.1. The van der Waals surface area contributed by atoms with E-state index in [9.17, 15) is 0 Å². The Morgan fingerprint density at radius 2 is 0.729 bits per heavy atom. The quantitative estimate of drug-likeness (QED) is 0.0519. The van der Waals surface area contributed by atoms with Crippen molar-refractivity contribution in [2.45, 2.75) is 120 Å². The van der Waals surface area contributed by atoms with Crippen molar-refractivity contribution in [2.75, 3.05) is 0 Å². The Bertz CT molecular complexity index is 3640. The first-order chi connectivity index (χ1) is 42.0. The van der Waals surface area contributed by atoms with Gasteiger partial charge in [-0.3, -0.25) is 0 Å². The van der Waals surface area contributed by atoms with Crippen LogP contribution in [0.5, 0.6) is 0 Å². The van der Waals surface area contributed by atoms with Gasteiger partial charge in [0.05, 0.1) is 5.06 Å². The van der Waals surface area contributed by atoms with Gasteiger partial charge in [0.1, 0.15) is 0 Å². The molecule has 18 heteroatoms. The summed E-state index contributed by atoms with van der Waals surface area (Å²) in [6, 6.07) is 47.5. The van der Waals surface area contributed by atoms with Gasteiger partial charge < -0.3 is 0 Å². The van der Waals surface area contributed by atoms with Crippen LogP contribution in [0.15, 0.2) is 158 Å². The Hall–Kier alpha value is -1.23. The van der Waals surface area contributed by atoms with Gasteiger partial charge in [0.25, 0.3) is 0 Å². The number of rotatable bonds is 21. The average molecular weight is 1590 g/mol. The van der Waals surface area contributed by atoms with Gasteiger partial charge in [0.15, 0.2) is 0 Å². The second-order valence-corrected chi connectivity index (χ2v) is 49.8. The summed E-state index contributed by atoms with van der Waals surface area (Å²) in [4.78, 5) is 23.9. The summed E-state index contributed by atoms with van der Waals surface area (Å²) in [6.45, 7) is 15.9. The molecule has 0 N–H and O–H groups in total. The average Bonchev–Trinajstić information content (AvgIpc) is 3.24. The van der Waals surface area contributed by atoms with E-state index in [-0.39, 0.29) is 0 Å². The van der Waals surface area contributed by atoms with Crippen LogP contribution in [0.2, 0.25) is 13.3 Å². The fourth-order valence-electron chi connectivity index (χ4n) is 9.48. The summed E-state index contributed by atoms with van der Waals surface area (Å²) in [5.74, 6) is 0. The summed E-state index contributed by atoms with van der Waals surface area (Å²) in [5, 5.41) is 10.7. The van der Waals surface area contributed by atoms with Crippen molar-refractivity contribution in [3.63, 3.8) is 0 Å². The van der Waals surface area contributed by atoms with E-state index in [1.54, 1.807) is 57.2 Å². The molecule has 0 spiro atoms. The Labute approximate surface area is 585 Å². The summed E-state index contributed by atoms with van der Waals surface area (Å²) in [6.07, 6.45) is 12.2. The fraction of sp³-hybridized carbons (Fsp3) is 0.284. The van der Waals surface area contributed by atoms with Crippen LogP contribution >= 0.6 is 162 Å². The first-order valence-corrected chi connectivity index (χ1v) is 49.5. The molecule has 12 aromatic heterocycles. The van der Waals surface area contributed by atoms with Crippen molar-refractivity contribution in [2.24, 2.45) is 0 Å². The first-order valence-electron chi connectivity index (χ1n) is 29.1. The van der Waals surface area contributed by atoms with Gasteiger partial charge in [-0.05, 0) is 159 Å². The molecule has 12 aromatic rings. The largest absolute Gasteiger partial charge is 0.153 e. The zero-order valence-corrected chi connectivity index (χ0v) is 66.9.